The number of ether oxygens (including phenoxy) is 1. The van der Waals surface area contributed by atoms with E-state index in [1.54, 1.807) is 0 Å². The second-order valence-corrected chi connectivity index (χ2v) is 4.73. The third-order valence-corrected chi connectivity index (χ3v) is 3.27. The molecule has 0 aliphatic heterocycles. The topological polar surface area (TPSA) is 21.3 Å². The molecule has 1 fully saturated rings. The van der Waals surface area contributed by atoms with E-state index in [9.17, 15) is 0 Å². The summed E-state index contributed by atoms with van der Waals surface area (Å²) < 4.78 is 5.89. The van der Waals surface area contributed by atoms with Gasteiger partial charge in [-0.05, 0) is 50.4 Å². The maximum atomic E-state index is 6.19. The molecule has 2 nitrogen and oxygen atoms in total. The van der Waals surface area contributed by atoms with E-state index < -0.39 is 0 Å². The number of hydrogen-bond donors (Lipinski definition) is 1. The molecule has 0 unspecified atom stereocenters. The SMILES string of the molecule is CNCc1ccc(OC2CCCC2)c(Cl)c1. The van der Waals surface area contributed by atoms with Gasteiger partial charge in [-0.3, -0.25) is 0 Å². The van der Waals surface area contributed by atoms with Crippen molar-refractivity contribution in [3.8, 4) is 5.75 Å². The summed E-state index contributed by atoms with van der Waals surface area (Å²) in [5, 5.41) is 3.83. The van der Waals surface area contributed by atoms with Gasteiger partial charge in [0.2, 0.25) is 0 Å². The zero-order valence-electron chi connectivity index (χ0n) is 9.63. The molecule has 1 aliphatic carbocycles. The quantitative estimate of drug-likeness (QED) is 0.870. The third kappa shape index (κ3) is 2.89. The second-order valence-electron chi connectivity index (χ2n) is 4.32. The van der Waals surface area contributed by atoms with E-state index in [-0.39, 0.29) is 0 Å². The van der Waals surface area contributed by atoms with Gasteiger partial charge in [-0.1, -0.05) is 17.7 Å². The Labute approximate surface area is 102 Å². The van der Waals surface area contributed by atoms with Crippen LogP contribution in [-0.4, -0.2) is 13.2 Å². The smallest absolute Gasteiger partial charge is 0.138 e. The molecule has 0 aromatic heterocycles. The minimum atomic E-state index is 0.368. The predicted octanol–water partition coefficient (Wildman–Crippen LogP) is 3.38. The van der Waals surface area contributed by atoms with E-state index in [2.05, 4.69) is 11.4 Å². The highest BCUT2D eigenvalue weighted by atomic mass is 35.5. The summed E-state index contributed by atoms with van der Waals surface area (Å²) >= 11 is 6.19. The first-order valence-corrected chi connectivity index (χ1v) is 6.27. The molecule has 1 N–H and O–H groups in total. The number of hydrogen-bond acceptors (Lipinski definition) is 2. The molecule has 0 atom stereocenters. The van der Waals surface area contributed by atoms with Crippen LogP contribution in [-0.2, 0) is 6.54 Å². The zero-order chi connectivity index (χ0) is 11.4. The van der Waals surface area contributed by atoms with Gasteiger partial charge in [-0.2, -0.15) is 0 Å². The average Bonchev–Trinajstić information content (AvgIpc) is 2.75. The molecular formula is C13H18ClNO. The van der Waals surface area contributed by atoms with Gasteiger partial charge >= 0.3 is 0 Å². The molecule has 16 heavy (non-hydrogen) atoms. The van der Waals surface area contributed by atoms with Gasteiger partial charge in [0.15, 0.2) is 0 Å². The highest BCUT2D eigenvalue weighted by Gasteiger charge is 2.17. The Kier molecular flexibility index (Phi) is 4.08. The number of rotatable bonds is 4. The Balaban J connectivity index is 2.03. The van der Waals surface area contributed by atoms with Crippen LogP contribution in [0, 0.1) is 0 Å². The lowest BCUT2D eigenvalue weighted by molar-refractivity contribution is 0.210. The van der Waals surface area contributed by atoms with E-state index in [1.165, 1.54) is 18.4 Å². The molecule has 0 amide bonds. The summed E-state index contributed by atoms with van der Waals surface area (Å²) in [4.78, 5) is 0. The van der Waals surface area contributed by atoms with Gasteiger partial charge in [0, 0.05) is 6.54 Å². The van der Waals surface area contributed by atoms with Crippen molar-refractivity contribution < 1.29 is 4.74 Å². The molecular weight excluding hydrogens is 222 g/mol. The Morgan fingerprint density at radius 3 is 2.75 bits per heavy atom. The van der Waals surface area contributed by atoms with Crippen LogP contribution < -0.4 is 10.1 Å². The maximum absolute atomic E-state index is 6.19. The Morgan fingerprint density at radius 1 is 1.38 bits per heavy atom. The van der Waals surface area contributed by atoms with Crippen LogP contribution in [0.1, 0.15) is 31.2 Å². The van der Waals surface area contributed by atoms with E-state index in [4.69, 9.17) is 16.3 Å². The first kappa shape index (κ1) is 11.7. The Morgan fingerprint density at radius 2 is 2.12 bits per heavy atom. The van der Waals surface area contributed by atoms with Crippen LogP contribution in [0.3, 0.4) is 0 Å². The number of nitrogens with one attached hydrogen (secondary N) is 1. The second kappa shape index (κ2) is 5.55. The van der Waals surface area contributed by atoms with Crippen molar-refractivity contribution in [1.82, 2.24) is 5.32 Å². The van der Waals surface area contributed by atoms with Crippen molar-refractivity contribution >= 4 is 11.6 Å². The van der Waals surface area contributed by atoms with Crippen molar-refractivity contribution in [1.29, 1.82) is 0 Å². The average molecular weight is 240 g/mol. The van der Waals surface area contributed by atoms with E-state index in [0.29, 0.717) is 6.10 Å². The van der Waals surface area contributed by atoms with E-state index in [0.717, 1.165) is 30.2 Å². The van der Waals surface area contributed by atoms with Gasteiger partial charge in [0.1, 0.15) is 5.75 Å². The van der Waals surface area contributed by atoms with Gasteiger partial charge in [0.05, 0.1) is 11.1 Å². The molecule has 3 heteroatoms. The van der Waals surface area contributed by atoms with Crippen LogP contribution in [0.4, 0.5) is 0 Å². The minimum Gasteiger partial charge on any atom is -0.489 e. The fraction of sp³-hybridized carbons (Fsp3) is 0.538. The van der Waals surface area contributed by atoms with Crippen LogP contribution in [0.5, 0.6) is 5.75 Å². The van der Waals surface area contributed by atoms with Crippen LogP contribution in [0.2, 0.25) is 5.02 Å². The number of benzene rings is 1. The lowest BCUT2D eigenvalue weighted by atomic mass is 10.2. The molecule has 88 valence electrons. The highest BCUT2D eigenvalue weighted by Crippen LogP contribution is 2.30. The normalized spacial score (nSPS) is 16.6. The van der Waals surface area contributed by atoms with Crippen molar-refractivity contribution in [2.45, 2.75) is 38.3 Å². The van der Waals surface area contributed by atoms with Crippen LogP contribution >= 0.6 is 11.6 Å². The molecule has 0 radical (unpaired) electrons. The Bertz CT molecular complexity index is 348. The van der Waals surface area contributed by atoms with Crippen molar-refractivity contribution in [3.63, 3.8) is 0 Å². The van der Waals surface area contributed by atoms with Gasteiger partial charge in [-0.15, -0.1) is 0 Å². The summed E-state index contributed by atoms with van der Waals surface area (Å²) in [6.07, 6.45) is 5.25. The van der Waals surface area contributed by atoms with Crippen molar-refractivity contribution in [2.75, 3.05) is 7.05 Å². The van der Waals surface area contributed by atoms with Crippen molar-refractivity contribution in [2.24, 2.45) is 0 Å². The van der Waals surface area contributed by atoms with Gasteiger partial charge in [-0.25, -0.2) is 0 Å². The van der Waals surface area contributed by atoms with Crippen LogP contribution in [0.15, 0.2) is 18.2 Å². The molecule has 1 aromatic rings. The van der Waals surface area contributed by atoms with Crippen LogP contribution in [0.25, 0.3) is 0 Å². The Hall–Kier alpha value is -0.730. The molecule has 1 aliphatic rings. The number of halogens is 1. The fourth-order valence-electron chi connectivity index (χ4n) is 2.14. The first-order chi connectivity index (χ1) is 7.79. The standard InChI is InChI=1S/C13H18ClNO/c1-15-9-10-6-7-13(12(14)8-10)16-11-4-2-3-5-11/h6-8,11,15H,2-5,9H2,1H3. The zero-order valence-corrected chi connectivity index (χ0v) is 10.4. The lowest BCUT2D eigenvalue weighted by Gasteiger charge is -2.14. The summed E-state index contributed by atoms with van der Waals surface area (Å²) in [6, 6.07) is 6.02. The largest absolute Gasteiger partial charge is 0.489 e. The van der Waals surface area contributed by atoms with Gasteiger partial charge < -0.3 is 10.1 Å². The van der Waals surface area contributed by atoms with E-state index >= 15 is 0 Å². The summed E-state index contributed by atoms with van der Waals surface area (Å²) in [7, 11) is 1.93. The maximum Gasteiger partial charge on any atom is 0.138 e. The predicted molar refractivity (Wildman–Crippen MR) is 67.1 cm³/mol. The van der Waals surface area contributed by atoms with E-state index in [1.807, 2.05) is 19.2 Å². The monoisotopic (exact) mass is 239 g/mol. The molecule has 1 aromatic carbocycles. The summed E-state index contributed by atoms with van der Waals surface area (Å²) in [6.45, 7) is 0.837. The minimum absolute atomic E-state index is 0.368. The molecule has 1 saturated carbocycles. The fourth-order valence-corrected chi connectivity index (χ4v) is 2.39. The lowest BCUT2D eigenvalue weighted by Crippen LogP contribution is -2.11. The highest BCUT2D eigenvalue weighted by molar-refractivity contribution is 6.32. The van der Waals surface area contributed by atoms with Crippen molar-refractivity contribution in [3.05, 3.63) is 28.8 Å². The third-order valence-electron chi connectivity index (χ3n) is 2.97. The summed E-state index contributed by atoms with van der Waals surface area (Å²) in [5.74, 6) is 0.827. The molecule has 2 rings (SSSR count). The molecule has 0 heterocycles. The first-order valence-electron chi connectivity index (χ1n) is 5.89. The molecule has 0 saturated heterocycles. The van der Waals surface area contributed by atoms with Gasteiger partial charge in [0.25, 0.3) is 0 Å². The molecule has 0 spiro atoms. The molecule has 0 bridgehead atoms. The summed E-state index contributed by atoms with van der Waals surface area (Å²) in [5.41, 5.74) is 1.19.